The normalized spacial score (nSPS) is 19.9. The number of carbonyl (C=O) groups is 2. The van der Waals surface area contributed by atoms with E-state index in [0.717, 1.165) is 25.3 Å². The van der Waals surface area contributed by atoms with Crippen LogP contribution in [-0.4, -0.2) is 65.4 Å². The minimum absolute atomic E-state index is 0.211. The van der Waals surface area contributed by atoms with E-state index in [-0.39, 0.29) is 13.1 Å². The summed E-state index contributed by atoms with van der Waals surface area (Å²) < 4.78 is 42.4. The summed E-state index contributed by atoms with van der Waals surface area (Å²) in [5, 5.41) is 10.0. The maximum Gasteiger partial charge on any atom is 0.425 e. The summed E-state index contributed by atoms with van der Waals surface area (Å²) in [6.07, 6.45) is -5.11. The lowest BCUT2D eigenvalue weighted by Crippen LogP contribution is -2.50. The third-order valence-electron chi connectivity index (χ3n) is 6.37. The lowest BCUT2D eigenvalue weighted by atomic mass is 9.76. The molecule has 1 aromatic rings. The van der Waals surface area contributed by atoms with E-state index in [4.69, 9.17) is 6.57 Å². The smallest absolute Gasteiger partial charge is 0.425 e. The molecule has 0 radical (unpaired) electrons. The van der Waals surface area contributed by atoms with E-state index in [1.807, 2.05) is 4.90 Å². The van der Waals surface area contributed by atoms with Gasteiger partial charge in [0, 0.05) is 32.7 Å². The van der Waals surface area contributed by atoms with Gasteiger partial charge in [-0.1, -0.05) is 31.0 Å². The van der Waals surface area contributed by atoms with Crippen LogP contribution in [0.4, 0.5) is 23.7 Å². The van der Waals surface area contributed by atoms with Crippen molar-refractivity contribution >= 4 is 17.7 Å². The quantitative estimate of drug-likeness (QED) is 0.672. The van der Waals surface area contributed by atoms with E-state index in [1.165, 1.54) is 4.90 Å². The van der Waals surface area contributed by atoms with Gasteiger partial charge in [-0.15, -0.1) is 0 Å². The van der Waals surface area contributed by atoms with Gasteiger partial charge in [0.2, 0.25) is 0 Å². The predicted octanol–water partition coefficient (Wildman–Crippen LogP) is 4.34. The second-order valence-electron chi connectivity index (χ2n) is 8.38. The maximum absolute atomic E-state index is 12.6. The number of rotatable bonds is 5. The molecule has 2 aliphatic rings. The van der Waals surface area contributed by atoms with Crippen LogP contribution in [0.1, 0.15) is 43.7 Å². The van der Waals surface area contributed by atoms with Crippen molar-refractivity contribution in [3.05, 3.63) is 40.7 Å². The summed E-state index contributed by atoms with van der Waals surface area (Å²) in [5.41, 5.74) is 0.873. The molecule has 7 nitrogen and oxygen atoms in total. The molecule has 1 N–H and O–H groups in total. The molecule has 0 bridgehead atoms. The summed E-state index contributed by atoms with van der Waals surface area (Å²) in [4.78, 5) is 31.0. The van der Waals surface area contributed by atoms with Crippen molar-refractivity contribution < 1.29 is 32.6 Å². The van der Waals surface area contributed by atoms with Gasteiger partial charge in [0.15, 0.2) is 11.8 Å². The lowest BCUT2D eigenvalue weighted by Gasteiger charge is -2.36. The minimum atomic E-state index is -4.61. The standard InChI is InChI=1S/C22H26F3N3O4/c1-15(22(23,24)25)32-20(31)28-11-9-27(10-12-28)14-16-5-6-17(26-2)13-18(16)21(19(29)30)7-3-4-8-21/h5-6,13,15H,3-4,7-12,14H2,1H3,(H,29,30). The molecular formula is C22H26F3N3O4. The number of ether oxygens (including phenoxy) is 1. The van der Waals surface area contributed by atoms with Gasteiger partial charge in [0.1, 0.15) is 0 Å². The van der Waals surface area contributed by atoms with Gasteiger partial charge >= 0.3 is 18.2 Å². The second kappa shape index (κ2) is 9.36. The van der Waals surface area contributed by atoms with Crippen molar-refractivity contribution in [3.8, 4) is 0 Å². The third kappa shape index (κ3) is 4.99. The number of amides is 1. The fraction of sp³-hybridized carbons (Fsp3) is 0.591. The Balaban J connectivity index is 1.70. The molecule has 2 fully saturated rings. The van der Waals surface area contributed by atoms with Crippen LogP contribution < -0.4 is 0 Å². The molecule has 10 heteroatoms. The molecule has 1 aliphatic heterocycles. The topological polar surface area (TPSA) is 74.4 Å². The van der Waals surface area contributed by atoms with Crippen molar-refractivity contribution in [2.24, 2.45) is 0 Å². The average molecular weight is 453 g/mol. The van der Waals surface area contributed by atoms with Crippen LogP contribution in [0.15, 0.2) is 18.2 Å². The lowest BCUT2D eigenvalue weighted by molar-refractivity contribution is -0.200. The number of nitrogens with zero attached hydrogens (tertiary/aromatic N) is 3. The Morgan fingerprint density at radius 3 is 2.38 bits per heavy atom. The molecule has 32 heavy (non-hydrogen) atoms. The highest BCUT2D eigenvalue weighted by Crippen LogP contribution is 2.44. The van der Waals surface area contributed by atoms with Crippen LogP contribution in [0.25, 0.3) is 4.85 Å². The van der Waals surface area contributed by atoms with Crippen LogP contribution in [0.5, 0.6) is 0 Å². The third-order valence-corrected chi connectivity index (χ3v) is 6.37. The number of benzene rings is 1. The van der Waals surface area contributed by atoms with Crippen LogP contribution in [0, 0.1) is 6.57 Å². The highest BCUT2D eigenvalue weighted by Gasteiger charge is 2.44. The van der Waals surface area contributed by atoms with Gasteiger partial charge in [-0.2, -0.15) is 13.2 Å². The number of halogens is 3. The Morgan fingerprint density at radius 2 is 1.84 bits per heavy atom. The summed E-state index contributed by atoms with van der Waals surface area (Å²) in [6.45, 7) is 9.79. The second-order valence-corrected chi connectivity index (χ2v) is 8.38. The number of hydrogen-bond donors (Lipinski definition) is 1. The van der Waals surface area contributed by atoms with Gasteiger partial charge in [-0.25, -0.2) is 9.64 Å². The number of aliphatic carboxylic acids is 1. The highest BCUT2D eigenvalue weighted by molar-refractivity contribution is 5.83. The first kappa shape index (κ1) is 23.9. The number of carbonyl (C=O) groups excluding carboxylic acids is 1. The zero-order valence-electron chi connectivity index (χ0n) is 17.8. The maximum atomic E-state index is 12.6. The molecule has 1 atom stereocenters. The number of piperazine rings is 1. The molecule has 1 heterocycles. The molecule has 1 amide bonds. The van der Waals surface area contributed by atoms with Crippen molar-refractivity contribution in [3.63, 3.8) is 0 Å². The average Bonchev–Trinajstić information content (AvgIpc) is 3.25. The summed E-state index contributed by atoms with van der Waals surface area (Å²) >= 11 is 0. The number of alkyl halides is 3. The van der Waals surface area contributed by atoms with Gasteiger partial charge in [-0.3, -0.25) is 9.69 Å². The van der Waals surface area contributed by atoms with E-state index >= 15 is 0 Å². The van der Waals surface area contributed by atoms with Crippen LogP contribution in [-0.2, 0) is 21.5 Å². The number of carboxylic acid groups (broad SMARTS) is 1. The first-order valence-corrected chi connectivity index (χ1v) is 10.6. The van der Waals surface area contributed by atoms with E-state index in [2.05, 4.69) is 9.58 Å². The fourth-order valence-corrected chi connectivity index (χ4v) is 4.42. The van der Waals surface area contributed by atoms with Crippen molar-refractivity contribution in [2.45, 2.75) is 56.8 Å². The fourth-order valence-electron chi connectivity index (χ4n) is 4.42. The Kier molecular flexibility index (Phi) is 6.98. The molecule has 1 saturated carbocycles. The minimum Gasteiger partial charge on any atom is -0.481 e. The molecular weight excluding hydrogens is 427 g/mol. The highest BCUT2D eigenvalue weighted by atomic mass is 19.4. The van der Waals surface area contributed by atoms with Gasteiger partial charge in [0.25, 0.3) is 0 Å². The molecule has 3 rings (SSSR count). The zero-order chi connectivity index (χ0) is 23.5. The molecule has 0 spiro atoms. The van der Waals surface area contributed by atoms with E-state index in [1.54, 1.807) is 18.2 Å². The van der Waals surface area contributed by atoms with Crippen LogP contribution in [0.3, 0.4) is 0 Å². The van der Waals surface area contributed by atoms with E-state index in [0.29, 0.717) is 43.7 Å². The molecule has 1 aromatic carbocycles. The Morgan fingerprint density at radius 1 is 1.22 bits per heavy atom. The zero-order valence-corrected chi connectivity index (χ0v) is 17.8. The van der Waals surface area contributed by atoms with Gasteiger partial charge in [0.05, 0.1) is 12.0 Å². The number of carboxylic acids is 1. The number of hydrogen-bond acceptors (Lipinski definition) is 4. The van der Waals surface area contributed by atoms with E-state index < -0.39 is 29.8 Å². The summed E-state index contributed by atoms with van der Waals surface area (Å²) in [7, 11) is 0. The molecule has 174 valence electrons. The Bertz CT molecular complexity index is 899. The molecule has 1 aliphatic carbocycles. The first-order chi connectivity index (χ1) is 15.1. The Labute approximate surface area is 184 Å². The largest absolute Gasteiger partial charge is 0.481 e. The van der Waals surface area contributed by atoms with Gasteiger partial charge in [-0.05, 0) is 30.9 Å². The predicted molar refractivity (Wildman–Crippen MR) is 109 cm³/mol. The first-order valence-electron chi connectivity index (χ1n) is 10.6. The molecule has 1 saturated heterocycles. The van der Waals surface area contributed by atoms with Crippen LogP contribution in [0.2, 0.25) is 0 Å². The van der Waals surface area contributed by atoms with Crippen LogP contribution >= 0.6 is 0 Å². The van der Waals surface area contributed by atoms with Crippen molar-refractivity contribution in [1.29, 1.82) is 0 Å². The monoisotopic (exact) mass is 453 g/mol. The Hall–Kier alpha value is -2.80. The molecule has 0 aromatic heterocycles. The SMILES string of the molecule is [C-]#[N+]c1ccc(CN2CCN(C(=O)OC(C)C(F)(F)F)CC2)c(C2(C(=O)O)CCCC2)c1. The summed E-state index contributed by atoms with van der Waals surface area (Å²) in [5.74, 6) is -0.885. The summed E-state index contributed by atoms with van der Waals surface area (Å²) in [6, 6.07) is 5.13. The van der Waals surface area contributed by atoms with Crippen molar-refractivity contribution in [1.82, 2.24) is 9.80 Å². The van der Waals surface area contributed by atoms with Gasteiger partial charge < -0.3 is 14.7 Å². The van der Waals surface area contributed by atoms with E-state index in [9.17, 15) is 27.9 Å². The van der Waals surface area contributed by atoms with Crippen molar-refractivity contribution in [2.75, 3.05) is 26.2 Å². The molecule has 1 unspecified atom stereocenters.